The summed E-state index contributed by atoms with van der Waals surface area (Å²) in [5.74, 6) is 1.49. The molecule has 1 aromatic heterocycles. The Kier molecular flexibility index (Phi) is 5.08. The van der Waals surface area contributed by atoms with Crippen molar-refractivity contribution in [1.82, 2.24) is 10.3 Å². The molecule has 0 saturated heterocycles. The number of nitrogen functional groups attached to an aromatic ring is 1. The highest BCUT2D eigenvalue weighted by Gasteiger charge is 2.28. The molecule has 0 aliphatic heterocycles. The van der Waals surface area contributed by atoms with Crippen LogP contribution in [0.4, 0.5) is 10.9 Å². The minimum Gasteiger partial charge on any atom is -0.382 e. The summed E-state index contributed by atoms with van der Waals surface area (Å²) in [6.45, 7) is 8.55. The van der Waals surface area contributed by atoms with Crippen LogP contribution < -0.4 is 16.4 Å². The van der Waals surface area contributed by atoms with E-state index < -0.39 is 0 Å². The molecule has 4 N–H and O–H groups in total. The van der Waals surface area contributed by atoms with Crippen molar-refractivity contribution in [3.05, 3.63) is 4.88 Å². The van der Waals surface area contributed by atoms with E-state index in [-0.39, 0.29) is 18.0 Å². The minimum absolute atomic E-state index is 0.0896. The molecule has 6 heteroatoms. The van der Waals surface area contributed by atoms with Crippen molar-refractivity contribution >= 4 is 28.2 Å². The fourth-order valence-corrected chi connectivity index (χ4v) is 3.85. The van der Waals surface area contributed by atoms with E-state index in [1.54, 1.807) is 0 Å². The number of rotatable bonds is 4. The molecule has 0 aromatic carbocycles. The molecule has 3 atom stereocenters. The van der Waals surface area contributed by atoms with Gasteiger partial charge in [-0.05, 0) is 44.9 Å². The van der Waals surface area contributed by atoms with Gasteiger partial charge in [0.25, 0.3) is 5.91 Å². The zero-order valence-electron chi connectivity index (χ0n) is 13.3. The van der Waals surface area contributed by atoms with Crippen LogP contribution in [0.3, 0.4) is 0 Å². The quantitative estimate of drug-likeness (QED) is 0.798. The summed E-state index contributed by atoms with van der Waals surface area (Å²) in [6.07, 6.45) is 3.39. The highest BCUT2D eigenvalue weighted by Crippen LogP contribution is 2.30. The summed E-state index contributed by atoms with van der Waals surface area (Å²) >= 11 is 1.33. The number of nitrogens with zero attached hydrogens (tertiary/aromatic N) is 1. The number of nitrogens with two attached hydrogens (primary N) is 1. The first-order chi connectivity index (χ1) is 9.86. The lowest BCUT2D eigenvalue weighted by atomic mass is 9.80. The summed E-state index contributed by atoms with van der Waals surface area (Å²) in [6, 6.07) is 0.517. The predicted octanol–water partition coefficient (Wildman–Crippen LogP) is 3.10. The highest BCUT2D eigenvalue weighted by molar-refractivity contribution is 7.18. The van der Waals surface area contributed by atoms with Gasteiger partial charge >= 0.3 is 0 Å². The molecular weight excluding hydrogens is 284 g/mol. The molecular formula is C15H26N4OS. The van der Waals surface area contributed by atoms with Crippen LogP contribution in [0.5, 0.6) is 0 Å². The van der Waals surface area contributed by atoms with Gasteiger partial charge in [0.1, 0.15) is 10.7 Å². The van der Waals surface area contributed by atoms with Crippen LogP contribution >= 0.6 is 11.3 Å². The third kappa shape index (κ3) is 4.09. The summed E-state index contributed by atoms with van der Waals surface area (Å²) in [5.41, 5.74) is 5.88. The zero-order valence-corrected chi connectivity index (χ0v) is 14.1. The first-order valence-electron chi connectivity index (χ1n) is 7.70. The fraction of sp³-hybridized carbons (Fsp3) is 0.733. The van der Waals surface area contributed by atoms with Crippen molar-refractivity contribution in [2.75, 3.05) is 11.1 Å². The molecule has 0 spiro atoms. The maximum atomic E-state index is 12.4. The fourth-order valence-electron chi connectivity index (χ4n) is 2.92. The Hall–Kier alpha value is -1.30. The molecule has 1 fully saturated rings. The Morgan fingerprint density at radius 1 is 1.38 bits per heavy atom. The third-order valence-corrected chi connectivity index (χ3v) is 5.02. The number of thiazole rings is 1. The number of nitrogens with one attached hydrogen (secondary N) is 2. The van der Waals surface area contributed by atoms with E-state index in [1.807, 2.05) is 13.8 Å². The van der Waals surface area contributed by atoms with Gasteiger partial charge in [0.2, 0.25) is 0 Å². The average molecular weight is 310 g/mol. The lowest BCUT2D eigenvalue weighted by Crippen LogP contribution is -2.42. The summed E-state index contributed by atoms with van der Waals surface area (Å²) in [5, 5.41) is 7.03. The molecule has 3 unspecified atom stereocenters. The van der Waals surface area contributed by atoms with E-state index in [0.717, 1.165) is 12.3 Å². The van der Waals surface area contributed by atoms with Crippen molar-refractivity contribution < 1.29 is 4.79 Å². The number of amides is 1. The maximum Gasteiger partial charge on any atom is 0.265 e. The van der Waals surface area contributed by atoms with E-state index in [4.69, 9.17) is 5.73 Å². The lowest BCUT2D eigenvalue weighted by molar-refractivity contribution is 0.0904. The van der Waals surface area contributed by atoms with E-state index in [2.05, 4.69) is 29.5 Å². The van der Waals surface area contributed by atoms with Crippen LogP contribution in [0, 0.1) is 11.8 Å². The van der Waals surface area contributed by atoms with Crippen LogP contribution in [0.15, 0.2) is 0 Å². The second kappa shape index (κ2) is 6.64. The van der Waals surface area contributed by atoms with Gasteiger partial charge in [0.15, 0.2) is 5.13 Å². The summed E-state index contributed by atoms with van der Waals surface area (Å²) < 4.78 is 0. The number of anilines is 2. The lowest BCUT2D eigenvalue weighted by Gasteiger charge is -2.33. The van der Waals surface area contributed by atoms with Crippen LogP contribution in [-0.2, 0) is 0 Å². The Morgan fingerprint density at radius 3 is 2.71 bits per heavy atom. The van der Waals surface area contributed by atoms with Crippen LogP contribution in [0.25, 0.3) is 0 Å². The molecule has 5 nitrogen and oxygen atoms in total. The minimum atomic E-state index is -0.0896. The van der Waals surface area contributed by atoms with Gasteiger partial charge in [-0.3, -0.25) is 4.79 Å². The Bertz CT molecular complexity index is 500. The predicted molar refractivity (Wildman–Crippen MR) is 88.7 cm³/mol. The first kappa shape index (κ1) is 16.1. The molecule has 2 rings (SSSR count). The second-order valence-corrected chi connectivity index (χ2v) is 7.51. The molecule has 21 heavy (non-hydrogen) atoms. The van der Waals surface area contributed by atoms with Crippen LogP contribution in [0.1, 0.15) is 56.6 Å². The average Bonchev–Trinajstić information content (AvgIpc) is 2.72. The molecule has 118 valence electrons. The molecule has 1 aliphatic carbocycles. The monoisotopic (exact) mass is 310 g/mol. The maximum absolute atomic E-state index is 12.4. The molecule has 1 saturated carbocycles. The largest absolute Gasteiger partial charge is 0.382 e. The van der Waals surface area contributed by atoms with Crippen LogP contribution in [-0.4, -0.2) is 23.0 Å². The third-order valence-electron chi connectivity index (χ3n) is 4.02. The van der Waals surface area contributed by atoms with Crippen molar-refractivity contribution in [2.24, 2.45) is 11.8 Å². The normalized spacial score (nSPS) is 25.9. The molecule has 0 radical (unpaired) electrons. The Labute approximate surface area is 130 Å². The van der Waals surface area contributed by atoms with Gasteiger partial charge in [0.05, 0.1) is 0 Å². The summed E-state index contributed by atoms with van der Waals surface area (Å²) in [7, 11) is 0. The van der Waals surface area contributed by atoms with E-state index in [9.17, 15) is 4.79 Å². The van der Waals surface area contributed by atoms with Gasteiger partial charge < -0.3 is 16.4 Å². The highest BCUT2D eigenvalue weighted by atomic mass is 32.1. The van der Waals surface area contributed by atoms with Crippen LogP contribution in [0.2, 0.25) is 0 Å². The Balaban J connectivity index is 2.01. The van der Waals surface area contributed by atoms with Crippen molar-refractivity contribution in [3.63, 3.8) is 0 Å². The second-order valence-electron chi connectivity index (χ2n) is 6.51. The van der Waals surface area contributed by atoms with Gasteiger partial charge in [-0.25, -0.2) is 4.98 Å². The number of aromatic nitrogens is 1. The SMILES string of the molecule is CC1CCC(NC(=O)c2sc(NC(C)C)nc2N)C(C)C1. The molecule has 1 aliphatic rings. The zero-order chi connectivity index (χ0) is 15.6. The molecule has 1 heterocycles. The molecule has 1 aromatic rings. The number of carbonyl (C=O) groups excluding carboxylic acids is 1. The Morgan fingerprint density at radius 2 is 2.10 bits per heavy atom. The van der Waals surface area contributed by atoms with E-state index in [0.29, 0.717) is 21.7 Å². The van der Waals surface area contributed by atoms with Gasteiger partial charge in [-0.15, -0.1) is 0 Å². The van der Waals surface area contributed by atoms with E-state index >= 15 is 0 Å². The molecule has 0 bridgehead atoms. The number of hydrogen-bond donors (Lipinski definition) is 3. The van der Waals surface area contributed by atoms with E-state index in [1.165, 1.54) is 24.2 Å². The van der Waals surface area contributed by atoms with Crippen molar-refractivity contribution in [2.45, 2.75) is 59.0 Å². The van der Waals surface area contributed by atoms with Crippen molar-refractivity contribution in [3.8, 4) is 0 Å². The molecule has 1 amide bonds. The smallest absolute Gasteiger partial charge is 0.265 e. The number of carbonyl (C=O) groups is 1. The summed E-state index contributed by atoms with van der Waals surface area (Å²) in [4.78, 5) is 17.1. The topological polar surface area (TPSA) is 80.0 Å². The van der Waals surface area contributed by atoms with Gasteiger partial charge in [0, 0.05) is 12.1 Å². The van der Waals surface area contributed by atoms with Gasteiger partial charge in [-0.1, -0.05) is 25.2 Å². The van der Waals surface area contributed by atoms with Gasteiger partial charge in [-0.2, -0.15) is 0 Å². The number of hydrogen-bond acceptors (Lipinski definition) is 5. The van der Waals surface area contributed by atoms with Crippen molar-refractivity contribution in [1.29, 1.82) is 0 Å². The standard InChI is InChI=1S/C15H26N4OS/c1-8(2)17-15-19-13(16)12(21-15)14(20)18-11-6-5-9(3)7-10(11)4/h8-11H,5-7,16H2,1-4H3,(H,17,19)(H,18,20). The first-order valence-corrected chi connectivity index (χ1v) is 8.52.